The number of aliphatic hydroxyl groups excluding tert-OH is 1. The predicted molar refractivity (Wildman–Crippen MR) is 71.4 cm³/mol. The number of nitrogens with one attached hydrogen (secondary N) is 1. The highest BCUT2D eigenvalue weighted by Crippen LogP contribution is 2.41. The van der Waals surface area contributed by atoms with Crippen molar-refractivity contribution in [1.29, 1.82) is 0 Å². The zero-order valence-electron chi connectivity index (χ0n) is 12.5. The molecule has 0 spiro atoms. The summed E-state index contributed by atoms with van der Waals surface area (Å²) >= 11 is 0. The molecule has 0 heterocycles. The SMILES string of the molecule is CC1(NC(=O)OC(C)(C)C)CCC(O)C(C)(C)C1. The highest BCUT2D eigenvalue weighted by atomic mass is 16.6. The van der Waals surface area contributed by atoms with Crippen LogP contribution in [-0.4, -0.2) is 28.4 Å². The molecule has 0 aromatic rings. The summed E-state index contributed by atoms with van der Waals surface area (Å²) in [6.45, 7) is 11.6. The molecule has 0 saturated heterocycles. The molecule has 0 aromatic heterocycles. The summed E-state index contributed by atoms with van der Waals surface area (Å²) in [6, 6.07) is 0. The average Bonchev–Trinajstić information content (AvgIpc) is 2.07. The highest BCUT2D eigenvalue weighted by molar-refractivity contribution is 5.68. The minimum Gasteiger partial charge on any atom is -0.444 e. The molecule has 4 nitrogen and oxygen atoms in total. The molecule has 1 amide bonds. The second-order valence-electron chi connectivity index (χ2n) is 7.41. The summed E-state index contributed by atoms with van der Waals surface area (Å²) in [5.41, 5.74) is -0.961. The van der Waals surface area contributed by atoms with Gasteiger partial charge in [0.15, 0.2) is 0 Å². The Morgan fingerprint density at radius 1 is 1.33 bits per heavy atom. The van der Waals surface area contributed by atoms with Gasteiger partial charge in [-0.3, -0.25) is 0 Å². The third-order valence-electron chi connectivity index (χ3n) is 3.52. The quantitative estimate of drug-likeness (QED) is 0.759. The highest BCUT2D eigenvalue weighted by Gasteiger charge is 2.43. The molecular weight excluding hydrogens is 230 g/mol. The number of alkyl carbamates (subject to hydrolysis) is 1. The predicted octanol–water partition coefficient (Wildman–Crippen LogP) is 2.84. The summed E-state index contributed by atoms with van der Waals surface area (Å²) in [5, 5.41) is 12.9. The molecule has 1 aliphatic carbocycles. The molecule has 18 heavy (non-hydrogen) atoms. The van der Waals surface area contributed by atoms with E-state index in [1.54, 1.807) is 0 Å². The van der Waals surface area contributed by atoms with E-state index in [9.17, 15) is 9.90 Å². The Morgan fingerprint density at radius 3 is 2.33 bits per heavy atom. The van der Waals surface area contributed by atoms with Gasteiger partial charge in [0.1, 0.15) is 5.60 Å². The summed E-state index contributed by atoms with van der Waals surface area (Å²) in [4.78, 5) is 11.8. The number of ether oxygens (including phenoxy) is 1. The average molecular weight is 257 g/mol. The Hall–Kier alpha value is -0.770. The molecule has 4 heteroatoms. The minimum atomic E-state index is -0.482. The molecule has 1 aliphatic rings. The molecule has 2 unspecified atom stereocenters. The summed E-state index contributed by atoms with van der Waals surface area (Å²) in [5.74, 6) is 0. The fourth-order valence-electron chi connectivity index (χ4n) is 2.71. The van der Waals surface area contributed by atoms with Crippen LogP contribution in [0.25, 0.3) is 0 Å². The lowest BCUT2D eigenvalue weighted by atomic mass is 9.67. The van der Waals surface area contributed by atoms with E-state index in [1.165, 1.54) is 0 Å². The lowest BCUT2D eigenvalue weighted by Crippen LogP contribution is -2.55. The summed E-state index contributed by atoms with van der Waals surface area (Å²) in [6.07, 6.45) is 1.56. The van der Waals surface area contributed by atoms with Gasteiger partial charge < -0.3 is 15.2 Å². The lowest BCUT2D eigenvalue weighted by molar-refractivity contribution is -0.0247. The molecular formula is C14H27NO3. The smallest absolute Gasteiger partial charge is 0.408 e. The first-order valence-corrected chi connectivity index (χ1v) is 6.63. The van der Waals surface area contributed by atoms with Crippen LogP contribution in [0.5, 0.6) is 0 Å². The van der Waals surface area contributed by atoms with E-state index in [-0.39, 0.29) is 23.2 Å². The number of carbonyl (C=O) groups excluding carboxylic acids is 1. The van der Waals surface area contributed by atoms with E-state index in [0.29, 0.717) is 6.42 Å². The maximum absolute atomic E-state index is 11.8. The fraction of sp³-hybridized carbons (Fsp3) is 0.929. The summed E-state index contributed by atoms with van der Waals surface area (Å²) in [7, 11) is 0. The van der Waals surface area contributed by atoms with Crippen LogP contribution in [0, 0.1) is 5.41 Å². The van der Waals surface area contributed by atoms with Crippen molar-refractivity contribution in [3.63, 3.8) is 0 Å². The van der Waals surface area contributed by atoms with Crippen molar-refractivity contribution in [3.05, 3.63) is 0 Å². The molecule has 2 atom stereocenters. The Morgan fingerprint density at radius 2 is 1.89 bits per heavy atom. The van der Waals surface area contributed by atoms with Crippen molar-refractivity contribution in [1.82, 2.24) is 5.32 Å². The van der Waals surface area contributed by atoms with Gasteiger partial charge in [-0.1, -0.05) is 13.8 Å². The van der Waals surface area contributed by atoms with Crippen LogP contribution >= 0.6 is 0 Å². The van der Waals surface area contributed by atoms with Gasteiger partial charge in [-0.2, -0.15) is 0 Å². The molecule has 2 N–H and O–H groups in total. The van der Waals surface area contributed by atoms with Gasteiger partial charge in [-0.05, 0) is 52.4 Å². The first-order chi connectivity index (χ1) is 7.94. The van der Waals surface area contributed by atoms with Crippen molar-refractivity contribution in [3.8, 4) is 0 Å². The third kappa shape index (κ3) is 4.16. The molecule has 1 rings (SSSR count). The first-order valence-electron chi connectivity index (χ1n) is 6.63. The third-order valence-corrected chi connectivity index (χ3v) is 3.52. The maximum Gasteiger partial charge on any atom is 0.408 e. The largest absolute Gasteiger partial charge is 0.444 e. The number of carbonyl (C=O) groups is 1. The van der Waals surface area contributed by atoms with Gasteiger partial charge in [-0.25, -0.2) is 4.79 Å². The van der Waals surface area contributed by atoms with E-state index < -0.39 is 5.60 Å². The van der Waals surface area contributed by atoms with E-state index >= 15 is 0 Å². The second kappa shape index (κ2) is 4.72. The number of hydrogen-bond donors (Lipinski definition) is 2. The van der Waals surface area contributed by atoms with Gasteiger partial charge in [0.05, 0.1) is 6.10 Å². The lowest BCUT2D eigenvalue weighted by Gasteiger charge is -2.46. The summed E-state index contributed by atoms with van der Waals surface area (Å²) < 4.78 is 5.29. The molecule has 1 saturated carbocycles. The zero-order valence-corrected chi connectivity index (χ0v) is 12.5. The number of rotatable bonds is 1. The molecule has 0 radical (unpaired) electrons. The Bertz CT molecular complexity index is 319. The topological polar surface area (TPSA) is 58.6 Å². The van der Waals surface area contributed by atoms with Crippen molar-refractivity contribution < 1.29 is 14.6 Å². The van der Waals surface area contributed by atoms with Gasteiger partial charge in [0.2, 0.25) is 0 Å². The first kappa shape index (κ1) is 15.3. The van der Waals surface area contributed by atoms with Gasteiger partial charge >= 0.3 is 6.09 Å². The van der Waals surface area contributed by atoms with Gasteiger partial charge in [-0.15, -0.1) is 0 Å². The normalized spacial score (nSPS) is 31.8. The number of aliphatic hydroxyl groups is 1. The Balaban J connectivity index is 2.64. The molecule has 0 bridgehead atoms. The van der Waals surface area contributed by atoms with Crippen LogP contribution in [-0.2, 0) is 4.74 Å². The van der Waals surface area contributed by atoms with E-state index in [1.807, 2.05) is 41.5 Å². The van der Waals surface area contributed by atoms with Gasteiger partial charge in [0, 0.05) is 5.54 Å². The number of hydrogen-bond acceptors (Lipinski definition) is 3. The van der Waals surface area contributed by atoms with Crippen molar-refractivity contribution >= 4 is 6.09 Å². The van der Waals surface area contributed by atoms with Crippen LogP contribution in [0.2, 0.25) is 0 Å². The molecule has 0 aromatic carbocycles. The van der Waals surface area contributed by atoms with Crippen molar-refractivity contribution in [2.75, 3.05) is 0 Å². The number of amides is 1. The van der Waals surface area contributed by atoms with Crippen LogP contribution in [0.4, 0.5) is 4.79 Å². The zero-order chi connectivity index (χ0) is 14.2. The van der Waals surface area contributed by atoms with Crippen LogP contribution in [0.15, 0.2) is 0 Å². The van der Waals surface area contributed by atoms with Crippen LogP contribution in [0.1, 0.15) is 60.8 Å². The van der Waals surface area contributed by atoms with Crippen LogP contribution < -0.4 is 5.32 Å². The molecule has 0 aliphatic heterocycles. The van der Waals surface area contributed by atoms with E-state index in [0.717, 1.165) is 12.8 Å². The molecule has 106 valence electrons. The van der Waals surface area contributed by atoms with Crippen LogP contribution in [0.3, 0.4) is 0 Å². The monoisotopic (exact) mass is 257 g/mol. The second-order valence-corrected chi connectivity index (χ2v) is 7.41. The van der Waals surface area contributed by atoms with E-state index in [2.05, 4.69) is 5.32 Å². The van der Waals surface area contributed by atoms with E-state index in [4.69, 9.17) is 4.74 Å². The van der Waals surface area contributed by atoms with Crippen molar-refractivity contribution in [2.45, 2.75) is 78.0 Å². The van der Waals surface area contributed by atoms with Gasteiger partial charge in [0.25, 0.3) is 0 Å². The minimum absolute atomic E-state index is 0.179. The Labute approximate surface area is 110 Å². The molecule has 1 fully saturated rings. The maximum atomic E-state index is 11.8. The standard InChI is InChI=1S/C14H27NO3/c1-12(2,3)18-11(17)15-14(6)8-7-10(16)13(4,5)9-14/h10,16H,7-9H2,1-6H3,(H,15,17). The Kier molecular flexibility index (Phi) is 4.01. The fourth-order valence-corrected chi connectivity index (χ4v) is 2.71. The van der Waals surface area contributed by atoms with Crippen molar-refractivity contribution in [2.24, 2.45) is 5.41 Å².